The minimum Gasteiger partial charge on any atom is -0.381 e. The Morgan fingerprint density at radius 2 is 2.12 bits per heavy atom. The molecule has 0 saturated carbocycles. The van der Waals surface area contributed by atoms with Gasteiger partial charge in [0.25, 0.3) is 0 Å². The summed E-state index contributed by atoms with van der Waals surface area (Å²) in [6.45, 7) is 1.55. The largest absolute Gasteiger partial charge is 0.381 e. The molecule has 0 amide bonds. The molecule has 2 aromatic rings. The molecule has 7 heteroatoms. The summed E-state index contributed by atoms with van der Waals surface area (Å²) in [5.74, 6) is 1.32. The van der Waals surface area contributed by atoms with Crippen molar-refractivity contribution < 1.29 is 4.74 Å². The van der Waals surface area contributed by atoms with Gasteiger partial charge in [0, 0.05) is 25.3 Å². The third kappa shape index (κ3) is 2.05. The number of nitrogens with zero attached hydrogens (tertiary/aromatic N) is 4. The van der Waals surface area contributed by atoms with Crippen LogP contribution >= 0.6 is 27.5 Å². The molecule has 0 atom stereocenters. The van der Waals surface area contributed by atoms with Crippen LogP contribution in [0.15, 0.2) is 10.8 Å². The van der Waals surface area contributed by atoms with Gasteiger partial charge in [0.2, 0.25) is 0 Å². The van der Waals surface area contributed by atoms with Crippen molar-refractivity contribution in [1.29, 1.82) is 0 Å². The van der Waals surface area contributed by atoms with Crippen molar-refractivity contribution in [2.24, 2.45) is 0 Å². The van der Waals surface area contributed by atoms with Gasteiger partial charge in [-0.2, -0.15) is 0 Å². The van der Waals surface area contributed by atoms with Gasteiger partial charge in [-0.1, -0.05) is 11.6 Å². The van der Waals surface area contributed by atoms with Gasteiger partial charge in [0.05, 0.1) is 0 Å². The Balaban J connectivity index is 2.10. The summed E-state index contributed by atoms with van der Waals surface area (Å²) in [6, 6.07) is 0. The molecule has 0 N–H and O–H groups in total. The lowest BCUT2D eigenvalue weighted by molar-refractivity contribution is 0.0834. The van der Waals surface area contributed by atoms with Gasteiger partial charge in [-0.15, -0.1) is 10.2 Å². The zero-order valence-corrected chi connectivity index (χ0v) is 11.3. The molecule has 17 heavy (non-hydrogen) atoms. The Morgan fingerprint density at radius 3 is 2.88 bits per heavy atom. The van der Waals surface area contributed by atoms with E-state index in [-0.39, 0.29) is 0 Å². The first-order valence-corrected chi connectivity index (χ1v) is 6.57. The van der Waals surface area contributed by atoms with E-state index < -0.39 is 0 Å². The second-order valence-electron chi connectivity index (χ2n) is 3.99. The highest BCUT2D eigenvalue weighted by Crippen LogP contribution is 2.27. The van der Waals surface area contributed by atoms with E-state index in [0.29, 0.717) is 21.3 Å². The van der Waals surface area contributed by atoms with Crippen LogP contribution < -0.4 is 0 Å². The van der Waals surface area contributed by atoms with E-state index >= 15 is 0 Å². The molecule has 0 aliphatic carbocycles. The van der Waals surface area contributed by atoms with Crippen molar-refractivity contribution in [3.8, 4) is 0 Å². The highest BCUT2D eigenvalue weighted by atomic mass is 79.9. The SMILES string of the molecule is Clc1nc(Br)cn2c(C3CCOCC3)nnc12. The summed E-state index contributed by atoms with van der Waals surface area (Å²) < 4.78 is 7.95. The maximum Gasteiger partial charge on any atom is 0.198 e. The first-order chi connectivity index (χ1) is 8.25. The molecule has 90 valence electrons. The Hall–Kier alpha value is -0.720. The standard InChI is InChI=1S/C10H10BrClN4O/c11-7-5-16-9(6-1-3-17-4-2-6)14-15-10(16)8(12)13-7/h5-6H,1-4H2. The van der Waals surface area contributed by atoms with E-state index in [1.54, 1.807) is 0 Å². The third-order valence-electron chi connectivity index (χ3n) is 2.93. The quantitative estimate of drug-likeness (QED) is 0.810. The number of fused-ring (bicyclic) bond motifs is 1. The molecule has 2 aromatic heterocycles. The van der Waals surface area contributed by atoms with Crippen LogP contribution in [0.25, 0.3) is 5.65 Å². The smallest absolute Gasteiger partial charge is 0.198 e. The molecule has 1 fully saturated rings. The van der Waals surface area contributed by atoms with E-state index in [0.717, 1.165) is 31.9 Å². The van der Waals surface area contributed by atoms with E-state index in [1.165, 1.54) is 0 Å². The Bertz CT molecular complexity index is 552. The van der Waals surface area contributed by atoms with Crippen LogP contribution in [0.3, 0.4) is 0 Å². The lowest BCUT2D eigenvalue weighted by Gasteiger charge is -2.20. The topological polar surface area (TPSA) is 52.3 Å². The summed E-state index contributed by atoms with van der Waals surface area (Å²) in [7, 11) is 0. The van der Waals surface area contributed by atoms with Crippen molar-refractivity contribution in [3.05, 3.63) is 21.8 Å². The van der Waals surface area contributed by atoms with Gasteiger partial charge in [-0.25, -0.2) is 4.98 Å². The van der Waals surface area contributed by atoms with Crippen LogP contribution in [-0.2, 0) is 4.74 Å². The molecule has 3 heterocycles. The Labute approximate surface area is 111 Å². The third-order valence-corrected chi connectivity index (χ3v) is 3.57. The highest BCUT2D eigenvalue weighted by molar-refractivity contribution is 9.10. The van der Waals surface area contributed by atoms with Gasteiger partial charge in [0.15, 0.2) is 10.8 Å². The van der Waals surface area contributed by atoms with Gasteiger partial charge in [-0.05, 0) is 28.8 Å². The molecule has 0 unspecified atom stereocenters. The predicted molar refractivity (Wildman–Crippen MR) is 66.3 cm³/mol. The van der Waals surface area contributed by atoms with Crippen LogP contribution in [0.5, 0.6) is 0 Å². The van der Waals surface area contributed by atoms with Gasteiger partial charge >= 0.3 is 0 Å². The molecular weight excluding hydrogens is 307 g/mol. The van der Waals surface area contributed by atoms with Crippen LogP contribution in [0, 0.1) is 0 Å². The van der Waals surface area contributed by atoms with Crippen LogP contribution in [0.2, 0.25) is 5.15 Å². The number of ether oxygens (including phenoxy) is 1. The molecule has 1 aliphatic rings. The Morgan fingerprint density at radius 1 is 1.35 bits per heavy atom. The first kappa shape index (κ1) is 11.4. The van der Waals surface area contributed by atoms with E-state index in [4.69, 9.17) is 16.3 Å². The number of hydrogen-bond donors (Lipinski definition) is 0. The summed E-state index contributed by atoms with van der Waals surface area (Å²) in [5.41, 5.74) is 0.608. The molecule has 0 aromatic carbocycles. The van der Waals surface area contributed by atoms with Crippen LogP contribution in [0.1, 0.15) is 24.6 Å². The summed E-state index contributed by atoms with van der Waals surface area (Å²) in [5, 5.41) is 8.69. The maximum atomic E-state index is 6.03. The molecule has 1 saturated heterocycles. The van der Waals surface area contributed by atoms with Crippen LogP contribution in [-0.4, -0.2) is 32.8 Å². The predicted octanol–water partition coefficient (Wildman–Crippen LogP) is 2.43. The number of rotatable bonds is 1. The molecule has 5 nitrogen and oxygen atoms in total. The van der Waals surface area contributed by atoms with Crippen molar-refractivity contribution in [2.75, 3.05) is 13.2 Å². The van der Waals surface area contributed by atoms with Crippen molar-refractivity contribution in [1.82, 2.24) is 19.6 Å². The zero-order valence-electron chi connectivity index (χ0n) is 8.94. The normalized spacial score (nSPS) is 17.8. The zero-order chi connectivity index (χ0) is 11.8. The van der Waals surface area contributed by atoms with E-state index in [1.807, 2.05) is 10.6 Å². The number of aromatic nitrogens is 4. The molecule has 0 spiro atoms. The van der Waals surface area contributed by atoms with E-state index in [2.05, 4.69) is 31.1 Å². The summed E-state index contributed by atoms with van der Waals surface area (Å²) in [6.07, 6.45) is 3.79. The number of hydrogen-bond acceptors (Lipinski definition) is 4. The molecule has 1 aliphatic heterocycles. The molecular formula is C10H10BrClN4O. The lowest BCUT2D eigenvalue weighted by Crippen LogP contribution is -2.16. The first-order valence-electron chi connectivity index (χ1n) is 5.40. The minimum atomic E-state index is 0.366. The average molecular weight is 318 g/mol. The van der Waals surface area contributed by atoms with Crippen molar-refractivity contribution in [3.63, 3.8) is 0 Å². The summed E-state index contributed by atoms with van der Waals surface area (Å²) in [4.78, 5) is 4.09. The fourth-order valence-electron chi connectivity index (χ4n) is 2.08. The molecule has 3 rings (SSSR count). The fraction of sp³-hybridized carbons (Fsp3) is 0.500. The van der Waals surface area contributed by atoms with Gasteiger partial charge in [-0.3, -0.25) is 4.40 Å². The second kappa shape index (κ2) is 4.51. The highest BCUT2D eigenvalue weighted by Gasteiger charge is 2.22. The van der Waals surface area contributed by atoms with Gasteiger partial charge in [0.1, 0.15) is 10.4 Å². The van der Waals surface area contributed by atoms with Gasteiger partial charge < -0.3 is 4.74 Å². The van der Waals surface area contributed by atoms with Crippen molar-refractivity contribution >= 4 is 33.2 Å². The van der Waals surface area contributed by atoms with E-state index in [9.17, 15) is 0 Å². The number of halogens is 2. The average Bonchev–Trinajstić information content (AvgIpc) is 2.74. The summed E-state index contributed by atoms with van der Waals surface area (Å²) >= 11 is 9.35. The lowest BCUT2D eigenvalue weighted by atomic mass is 10.00. The maximum absolute atomic E-state index is 6.03. The van der Waals surface area contributed by atoms with Crippen LogP contribution in [0.4, 0.5) is 0 Å². The molecule has 0 bridgehead atoms. The minimum absolute atomic E-state index is 0.366. The molecule has 0 radical (unpaired) electrons. The van der Waals surface area contributed by atoms with Crippen molar-refractivity contribution in [2.45, 2.75) is 18.8 Å². The second-order valence-corrected chi connectivity index (χ2v) is 5.16. The monoisotopic (exact) mass is 316 g/mol. The Kier molecular flexibility index (Phi) is 3.02. The fourth-order valence-corrected chi connectivity index (χ4v) is 2.79.